The first-order valence-electron chi connectivity index (χ1n) is 8.12. The van der Waals surface area contributed by atoms with Crippen LogP contribution in [0.1, 0.15) is 23.1 Å². The maximum atomic E-state index is 11.6. The fourth-order valence-electron chi connectivity index (χ4n) is 2.25. The summed E-state index contributed by atoms with van der Waals surface area (Å²) < 4.78 is 10.4. The number of benzene rings is 2. The molecule has 0 aromatic heterocycles. The van der Waals surface area contributed by atoms with Crippen molar-refractivity contribution in [3.8, 4) is 5.75 Å². The average molecular weight is 341 g/mol. The molecule has 2 N–H and O–H groups in total. The number of rotatable bonds is 8. The Bertz CT molecular complexity index is 698. The van der Waals surface area contributed by atoms with Gasteiger partial charge in [-0.15, -0.1) is 0 Å². The molecule has 132 valence electrons. The summed E-state index contributed by atoms with van der Waals surface area (Å²) in [4.78, 5) is 11.6. The minimum Gasteiger partial charge on any atom is -0.496 e. The minimum absolute atomic E-state index is 0.0534. The van der Waals surface area contributed by atoms with E-state index in [0.29, 0.717) is 18.7 Å². The van der Waals surface area contributed by atoms with Crippen molar-refractivity contribution in [2.75, 3.05) is 13.7 Å². The highest BCUT2D eigenvalue weighted by atomic mass is 16.5. The van der Waals surface area contributed by atoms with Gasteiger partial charge in [0.25, 0.3) is 0 Å². The number of aliphatic hydroxyl groups is 1. The van der Waals surface area contributed by atoms with Crippen LogP contribution in [-0.2, 0) is 18.0 Å². The van der Waals surface area contributed by atoms with Crippen molar-refractivity contribution >= 4 is 12.2 Å². The van der Waals surface area contributed by atoms with E-state index < -0.39 is 6.09 Å². The molecule has 0 aliphatic carbocycles. The van der Waals surface area contributed by atoms with Crippen LogP contribution in [0.4, 0.5) is 4.79 Å². The Morgan fingerprint density at radius 1 is 1.20 bits per heavy atom. The summed E-state index contributed by atoms with van der Waals surface area (Å²) in [5.74, 6) is 0.660. The highest BCUT2D eigenvalue weighted by Crippen LogP contribution is 2.20. The van der Waals surface area contributed by atoms with Crippen LogP contribution in [0.2, 0.25) is 0 Å². The Hall–Kier alpha value is -2.79. The van der Waals surface area contributed by atoms with Crippen molar-refractivity contribution in [3.05, 3.63) is 71.3 Å². The van der Waals surface area contributed by atoms with Gasteiger partial charge in [-0.1, -0.05) is 54.6 Å². The highest BCUT2D eigenvalue weighted by Gasteiger charge is 2.02. The highest BCUT2D eigenvalue weighted by molar-refractivity contribution is 5.67. The summed E-state index contributed by atoms with van der Waals surface area (Å²) in [6.07, 6.45) is 4.17. The number of hydrogen-bond donors (Lipinski definition) is 2. The molecule has 5 heteroatoms. The zero-order chi connectivity index (χ0) is 17.9. The van der Waals surface area contributed by atoms with Gasteiger partial charge in [-0.25, -0.2) is 4.79 Å². The van der Waals surface area contributed by atoms with Crippen LogP contribution in [0.5, 0.6) is 5.75 Å². The summed E-state index contributed by atoms with van der Waals surface area (Å²) in [7, 11) is 1.58. The molecule has 5 nitrogen and oxygen atoms in total. The lowest BCUT2D eigenvalue weighted by molar-refractivity contribution is 0.140. The molecule has 0 heterocycles. The fourth-order valence-corrected chi connectivity index (χ4v) is 2.25. The maximum Gasteiger partial charge on any atom is 0.407 e. The number of amides is 1. The predicted molar refractivity (Wildman–Crippen MR) is 97.2 cm³/mol. The molecule has 0 atom stereocenters. The Morgan fingerprint density at radius 2 is 2.00 bits per heavy atom. The van der Waals surface area contributed by atoms with Gasteiger partial charge in [0.2, 0.25) is 0 Å². The van der Waals surface area contributed by atoms with Crippen LogP contribution in [0, 0.1) is 0 Å². The lowest BCUT2D eigenvalue weighted by Crippen LogP contribution is -2.24. The smallest absolute Gasteiger partial charge is 0.407 e. The standard InChI is InChI=1S/C20H23NO4/c1-24-19-13-16(10-11-18(19)14-22)7-5-6-12-21-20(23)25-15-17-8-3-2-4-9-17/h2-5,7-11,13,22H,6,12,14-15H2,1H3,(H,21,23). The Labute approximate surface area is 147 Å². The maximum absolute atomic E-state index is 11.6. The van der Waals surface area contributed by atoms with Crippen LogP contribution >= 0.6 is 0 Å². The van der Waals surface area contributed by atoms with E-state index in [-0.39, 0.29) is 13.2 Å². The second kappa shape index (κ2) is 10.2. The Morgan fingerprint density at radius 3 is 2.72 bits per heavy atom. The third kappa shape index (κ3) is 6.31. The molecule has 25 heavy (non-hydrogen) atoms. The number of aliphatic hydroxyl groups excluding tert-OH is 1. The molecule has 0 radical (unpaired) electrons. The van der Waals surface area contributed by atoms with Crippen molar-refractivity contribution in [1.82, 2.24) is 5.32 Å². The Kier molecular flexibility index (Phi) is 7.53. The number of ether oxygens (including phenoxy) is 2. The lowest BCUT2D eigenvalue weighted by atomic mass is 10.1. The van der Waals surface area contributed by atoms with Gasteiger partial charge in [0, 0.05) is 12.1 Å². The van der Waals surface area contributed by atoms with E-state index in [2.05, 4.69) is 5.32 Å². The third-order valence-electron chi connectivity index (χ3n) is 3.58. The number of carbonyl (C=O) groups excluding carboxylic acids is 1. The second-order valence-corrected chi connectivity index (χ2v) is 5.41. The van der Waals surface area contributed by atoms with Gasteiger partial charge in [0.1, 0.15) is 12.4 Å². The van der Waals surface area contributed by atoms with Gasteiger partial charge in [0.05, 0.1) is 13.7 Å². The molecule has 2 aromatic rings. The molecule has 0 aliphatic heterocycles. The van der Waals surface area contributed by atoms with Gasteiger partial charge >= 0.3 is 6.09 Å². The van der Waals surface area contributed by atoms with E-state index in [0.717, 1.165) is 16.7 Å². The van der Waals surface area contributed by atoms with E-state index in [4.69, 9.17) is 9.47 Å². The number of alkyl carbamates (subject to hydrolysis) is 1. The molecule has 0 saturated carbocycles. The topological polar surface area (TPSA) is 67.8 Å². The largest absolute Gasteiger partial charge is 0.496 e. The monoisotopic (exact) mass is 341 g/mol. The van der Waals surface area contributed by atoms with E-state index in [1.165, 1.54) is 0 Å². The van der Waals surface area contributed by atoms with Crippen LogP contribution in [-0.4, -0.2) is 24.9 Å². The van der Waals surface area contributed by atoms with Crippen molar-refractivity contribution in [3.63, 3.8) is 0 Å². The summed E-state index contributed by atoms with van der Waals surface area (Å²) in [6, 6.07) is 15.2. The van der Waals surface area contributed by atoms with E-state index in [9.17, 15) is 9.90 Å². The molecule has 2 rings (SSSR count). The SMILES string of the molecule is COc1cc(C=CCCNC(=O)OCc2ccccc2)ccc1CO. The zero-order valence-corrected chi connectivity index (χ0v) is 14.3. The van der Waals surface area contributed by atoms with E-state index >= 15 is 0 Å². The molecule has 0 aliphatic rings. The van der Waals surface area contributed by atoms with E-state index in [1.54, 1.807) is 7.11 Å². The lowest BCUT2D eigenvalue weighted by Gasteiger charge is -2.07. The van der Waals surface area contributed by atoms with Gasteiger partial charge in [-0.3, -0.25) is 0 Å². The van der Waals surface area contributed by atoms with Crippen molar-refractivity contribution in [1.29, 1.82) is 0 Å². The first kappa shape index (κ1) is 18.5. The molecule has 2 aromatic carbocycles. The molecule has 0 spiro atoms. The van der Waals surface area contributed by atoms with Crippen LogP contribution < -0.4 is 10.1 Å². The first-order chi connectivity index (χ1) is 12.2. The summed E-state index contributed by atoms with van der Waals surface area (Å²) in [6.45, 7) is 0.706. The van der Waals surface area contributed by atoms with Crippen LogP contribution in [0.3, 0.4) is 0 Å². The van der Waals surface area contributed by atoms with Gasteiger partial charge in [0.15, 0.2) is 0 Å². The number of nitrogens with one attached hydrogen (secondary N) is 1. The van der Waals surface area contributed by atoms with Gasteiger partial charge < -0.3 is 19.9 Å². The van der Waals surface area contributed by atoms with Crippen molar-refractivity contribution < 1.29 is 19.4 Å². The van der Waals surface area contributed by atoms with E-state index in [1.807, 2.05) is 60.7 Å². The predicted octanol–water partition coefficient (Wildman–Crippen LogP) is 3.52. The number of methoxy groups -OCH3 is 1. The molecule has 0 fully saturated rings. The summed E-state index contributed by atoms with van der Waals surface area (Å²) in [5, 5.41) is 11.9. The summed E-state index contributed by atoms with van der Waals surface area (Å²) >= 11 is 0. The Balaban J connectivity index is 1.70. The number of carbonyl (C=O) groups is 1. The molecule has 0 unspecified atom stereocenters. The number of hydrogen-bond acceptors (Lipinski definition) is 4. The van der Waals surface area contributed by atoms with Crippen molar-refractivity contribution in [2.24, 2.45) is 0 Å². The molecule has 0 saturated heterocycles. The quantitative estimate of drug-likeness (QED) is 0.721. The molecular formula is C20H23NO4. The minimum atomic E-state index is -0.425. The second-order valence-electron chi connectivity index (χ2n) is 5.41. The van der Waals surface area contributed by atoms with Crippen molar-refractivity contribution in [2.45, 2.75) is 19.6 Å². The zero-order valence-electron chi connectivity index (χ0n) is 14.3. The third-order valence-corrected chi connectivity index (χ3v) is 3.58. The molecule has 0 bridgehead atoms. The molecule has 1 amide bonds. The summed E-state index contributed by atoms with van der Waals surface area (Å²) in [5.41, 5.74) is 2.68. The normalized spacial score (nSPS) is 10.6. The van der Waals surface area contributed by atoms with Gasteiger partial charge in [-0.2, -0.15) is 0 Å². The first-order valence-corrected chi connectivity index (χ1v) is 8.12. The fraction of sp³-hybridized carbons (Fsp3) is 0.250. The van der Waals surface area contributed by atoms with Crippen LogP contribution in [0.15, 0.2) is 54.6 Å². The molecular weight excluding hydrogens is 318 g/mol. The average Bonchev–Trinajstić information content (AvgIpc) is 2.66. The van der Waals surface area contributed by atoms with Crippen LogP contribution in [0.25, 0.3) is 6.08 Å². The van der Waals surface area contributed by atoms with Gasteiger partial charge in [-0.05, 0) is 23.6 Å².